The molecule has 6 heteroatoms. The summed E-state index contributed by atoms with van der Waals surface area (Å²) >= 11 is 0. The van der Waals surface area contributed by atoms with Gasteiger partial charge in [0.2, 0.25) is 0 Å². The number of para-hydroxylation sites is 1. The third-order valence-electron chi connectivity index (χ3n) is 3.51. The Kier molecular flexibility index (Phi) is 8.81. The topological polar surface area (TPSA) is 48.0 Å². The van der Waals surface area contributed by atoms with Gasteiger partial charge in [-0.25, -0.2) is 4.79 Å². The summed E-state index contributed by atoms with van der Waals surface area (Å²) in [6.07, 6.45) is -0.418. The van der Waals surface area contributed by atoms with E-state index in [0.717, 1.165) is 17.9 Å². The van der Waals surface area contributed by atoms with Crippen molar-refractivity contribution in [1.82, 2.24) is 4.90 Å². The summed E-state index contributed by atoms with van der Waals surface area (Å²) in [7, 11) is 5.58. The maximum absolute atomic E-state index is 12.1. The van der Waals surface area contributed by atoms with Crippen LogP contribution in [-0.4, -0.2) is 38.8 Å². The SMILES string of the molecule is COc1ccc(C(CCN(C)C)OC(=O)Oc2ccccc2)cc1.Cl. The van der Waals surface area contributed by atoms with Crippen LogP contribution in [0.2, 0.25) is 0 Å². The second-order valence-corrected chi connectivity index (χ2v) is 5.64. The third kappa shape index (κ3) is 7.03. The van der Waals surface area contributed by atoms with E-state index in [2.05, 4.69) is 0 Å². The molecular weight excluding hydrogens is 342 g/mol. The van der Waals surface area contributed by atoms with Crippen molar-refractivity contribution in [3.8, 4) is 11.5 Å². The fraction of sp³-hybridized carbons (Fsp3) is 0.316. The number of carbonyl (C=O) groups is 1. The average Bonchev–Trinajstić information content (AvgIpc) is 2.59. The standard InChI is InChI=1S/C19H23NO4.ClH/c1-20(2)14-13-18(15-9-11-16(22-3)12-10-15)24-19(21)23-17-7-5-4-6-8-17;/h4-12,18H,13-14H2,1-3H3;1H. The number of ether oxygens (including phenoxy) is 3. The molecule has 0 spiro atoms. The quantitative estimate of drug-likeness (QED) is 0.540. The number of hydrogen-bond acceptors (Lipinski definition) is 5. The van der Waals surface area contributed by atoms with Crippen LogP contribution in [0, 0.1) is 0 Å². The zero-order valence-corrected chi connectivity index (χ0v) is 15.5. The summed E-state index contributed by atoms with van der Waals surface area (Å²) in [5.74, 6) is 1.22. The van der Waals surface area contributed by atoms with Crippen molar-refractivity contribution in [3.63, 3.8) is 0 Å². The summed E-state index contributed by atoms with van der Waals surface area (Å²) in [4.78, 5) is 14.1. The molecule has 0 aliphatic rings. The lowest BCUT2D eigenvalue weighted by molar-refractivity contribution is 0.0509. The number of nitrogens with zero attached hydrogens (tertiary/aromatic N) is 1. The zero-order chi connectivity index (χ0) is 17.4. The van der Waals surface area contributed by atoms with E-state index in [9.17, 15) is 4.79 Å². The van der Waals surface area contributed by atoms with Gasteiger partial charge in [-0.05, 0) is 43.9 Å². The molecule has 0 aromatic heterocycles. The van der Waals surface area contributed by atoms with E-state index in [1.54, 1.807) is 31.4 Å². The van der Waals surface area contributed by atoms with Gasteiger partial charge in [-0.2, -0.15) is 0 Å². The van der Waals surface area contributed by atoms with Crippen molar-refractivity contribution < 1.29 is 19.0 Å². The summed E-state index contributed by atoms with van der Waals surface area (Å²) in [6.45, 7) is 0.787. The molecule has 0 saturated carbocycles. The van der Waals surface area contributed by atoms with Gasteiger partial charge in [0.05, 0.1) is 7.11 Å². The first-order chi connectivity index (χ1) is 11.6. The van der Waals surface area contributed by atoms with E-state index in [-0.39, 0.29) is 18.5 Å². The van der Waals surface area contributed by atoms with Gasteiger partial charge in [0.1, 0.15) is 17.6 Å². The van der Waals surface area contributed by atoms with E-state index in [4.69, 9.17) is 14.2 Å². The molecule has 25 heavy (non-hydrogen) atoms. The molecule has 0 radical (unpaired) electrons. The highest BCUT2D eigenvalue weighted by Crippen LogP contribution is 2.25. The van der Waals surface area contributed by atoms with Crippen LogP contribution in [0.15, 0.2) is 54.6 Å². The number of benzene rings is 2. The monoisotopic (exact) mass is 365 g/mol. The van der Waals surface area contributed by atoms with Crippen LogP contribution in [0.5, 0.6) is 11.5 Å². The molecule has 5 nitrogen and oxygen atoms in total. The first-order valence-electron chi connectivity index (χ1n) is 7.80. The smallest absolute Gasteiger partial charge is 0.497 e. The summed E-state index contributed by atoms with van der Waals surface area (Å²) < 4.78 is 15.9. The van der Waals surface area contributed by atoms with E-state index in [1.807, 2.05) is 49.3 Å². The molecule has 136 valence electrons. The lowest BCUT2D eigenvalue weighted by Crippen LogP contribution is -2.20. The Labute approximate surface area is 154 Å². The second kappa shape index (κ2) is 10.6. The molecule has 0 aliphatic heterocycles. The molecule has 2 aromatic rings. The minimum atomic E-state index is -0.708. The number of rotatable bonds is 7. The number of carbonyl (C=O) groups excluding carboxylic acids is 1. The molecule has 2 aromatic carbocycles. The van der Waals surface area contributed by atoms with Crippen molar-refractivity contribution in [2.45, 2.75) is 12.5 Å². The number of halogens is 1. The van der Waals surface area contributed by atoms with E-state index in [1.165, 1.54) is 0 Å². The fourth-order valence-corrected chi connectivity index (χ4v) is 2.21. The second-order valence-electron chi connectivity index (χ2n) is 5.64. The lowest BCUT2D eigenvalue weighted by atomic mass is 10.1. The Bertz CT molecular complexity index is 632. The molecule has 0 N–H and O–H groups in total. The van der Waals surface area contributed by atoms with Crippen molar-refractivity contribution in [1.29, 1.82) is 0 Å². The molecule has 0 amide bonds. The average molecular weight is 366 g/mol. The molecule has 0 fully saturated rings. The highest BCUT2D eigenvalue weighted by Gasteiger charge is 2.19. The maximum Gasteiger partial charge on any atom is 0.514 e. The molecule has 0 aliphatic carbocycles. The van der Waals surface area contributed by atoms with E-state index in [0.29, 0.717) is 12.2 Å². The third-order valence-corrected chi connectivity index (χ3v) is 3.51. The van der Waals surface area contributed by atoms with Crippen LogP contribution in [-0.2, 0) is 4.74 Å². The number of methoxy groups -OCH3 is 1. The first kappa shape index (κ1) is 20.8. The van der Waals surface area contributed by atoms with Crippen molar-refractivity contribution in [3.05, 3.63) is 60.2 Å². The highest BCUT2D eigenvalue weighted by molar-refractivity contribution is 5.85. The van der Waals surface area contributed by atoms with Gasteiger partial charge in [-0.15, -0.1) is 12.4 Å². The van der Waals surface area contributed by atoms with E-state index < -0.39 is 6.16 Å². The minimum Gasteiger partial charge on any atom is -0.497 e. The molecule has 2 rings (SSSR count). The van der Waals surface area contributed by atoms with Crippen molar-refractivity contribution in [2.24, 2.45) is 0 Å². The predicted molar refractivity (Wildman–Crippen MR) is 99.7 cm³/mol. The van der Waals surface area contributed by atoms with Crippen LogP contribution in [0.1, 0.15) is 18.1 Å². The minimum absolute atomic E-state index is 0. The van der Waals surface area contributed by atoms with Gasteiger partial charge >= 0.3 is 6.16 Å². The van der Waals surface area contributed by atoms with E-state index >= 15 is 0 Å². The lowest BCUT2D eigenvalue weighted by Gasteiger charge is -2.20. The van der Waals surface area contributed by atoms with Gasteiger partial charge < -0.3 is 19.1 Å². The number of hydrogen-bond donors (Lipinski definition) is 0. The fourth-order valence-electron chi connectivity index (χ4n) is 2.21. The molecule has 0 heterocycles. The Morgan fingerprint density at radius 2 is 1.64 bits per heavy atom. The van der Waals surface area contributed by atoms with Crippen LogP contribution in [0.3, 0.4) is 0 Å². The largest absolute Gasteiger partial charge is 0.514 e. The van der Waals surface area contributed by atoms with Gasteiger partial charge in [0.25, 0.3) is 0 Å². The first-order valence-corrected chi connectivity index (χ1v) is 7.80. The summed E-state index contributed by atoms with van der Waals surface area (Å²) in [5, 5.41) is 0. The van der Waals surface area contributed by atoms with Gasteiger partial charge in [0, 0.05) is 13.0 Å². The Morgan fingerprint density at radius 3 is 2.20 bits per heavy atom. The van der Waals surface area contributed by atoms with Gasteiger partial charge in [0.15, 0.2) is 0 Å². The molecule has 1 atom stereocenters. The highest BCUT2D eigenvalue weighted by atomic mass is 35.5. The summed E-state index contributed by atoms with van der Waals surface area (Å²) in [6, 6.07) is 16.4. The van der Waals surface area contributed by atoms with Gasteiger partial charge in [-0.1, -0.05) is 30.3 Å². The van der Waals surface area contributed by atoms with Crippen LogP contribution >= 0.6 is 12.4 Å². The van der Waals surface area contributed by atoms with Gasteiger partial charge in [-0.3, -0.25) is 0 Å². The Balaban J connectivity index is 0.00000312. The molecular formula is C19H24ClNO4. The van der Waals surface area contributed by atoms with Crippen molar-refractivity contribution in [2.75, 3.05) is 27.7 Å². The van der Waals surface area contributed by atoms with Crippen LogP contribution in [0.25, 0.3) is 0 Å². The normalized spacial score (nSPS) is 11.4. The molecule has 0 saturated heterocycles. The Morgan fingerprint density at radius 1 is 1.00 bits per heavy atom. The predicted octanol–water partition coefficient (Wildman–Crippen LogP) is 4.33. The zero-order valence-electron chi connectivity index (χ0n) is 14.7. The van der Waals surface area contributed by atoms with Crippen LogP contribution in [0.4, 0.5) is 4.79 Å². The summed E-state index contributed by atoms with van der Waals surface area (Å²) in [5.41, 5.74) is 0.905. The maximum atomic E-state index is 12.1. The van der Waals surface area contributed by atoms with Crippen molar-refractivity contribution >= 4 is 18.6 Å². The molecule has 0 bridgehead atoms. The Hall–Kier alpha value is -2.24. The van der Waals surface area contributed by atoms with Crippen LogP contribution < -0.4 is 9.47 Å². The molecule has 1 unspecified atom stereocenters.